The number of carbonyl (C=O) groups excluding carboxylic acids is 2. The van der Waals surface area contributed by atoms with E-state index in [1.165, 1.54) is 6.08 Å². The van der Waals surface area contributed by atoms with Gasteiger partial charge < -0.3 is 86.1 Å². The summed E-state index contributed by atoms with van der Waals surface area (Å²) in [5.41, 5.74) is 0. The smallest absolute Gasteiger partial charge is 0.342 e. The number of carbonyl (C=O) groups is 2. The Balaban J connectivity index is -0.000000220. The van der Waals surface area contributed by atoms with Crippen LogP contribution in [0.5, 0.6) is 0 Å². The van der Waals surface area contributed by atoms with E-state index in [0.29, 0.717) is 117 Å². The van der Waals surface area contributed by atoms with Crippen LogP contribution in [0.25, 0.3) is 0 Å². The molecule has 0 aliphatic heterocycles. The van der Waals surface area contributed by atoms with E-state index >= 15 is 0 Å². The molecule has 2 unspecified atom stereocenters. The third-order valence-corrected chi connectivity index (χ3v) is 45.3. The van der Waals surface area contributed by atoms with Crippen molar-refractivity contribution in [3.05, 3.63) is 12.7 Å². The summed E-state index contributed by atoms with van der Waals surface area (Å²) in [6.45, 7) is 66.3. The Hall–Kier alpha value is 0.546. The molecule has 0 spiro atoms. The maximum absolute atomic E-state index is 11.0. The molecule has 0 aliphatic carbocycles. The predicted molar refractivity (Wildman–Crippen MR) is 409 cm³/mol. The highest BCUT2D eigenvalue weighted by Crippen LogP contribution is 2.27. The summed E-state index contributed by atoms with van der Waals surface area (Å²) in [4.78, 5) is 21.5. The number of ether oxygens (including phenoxy) is 8. The molecule has 3 N–H and O–H groups in total. The van der Waals surface area contributed by atoms with Gasteiger partial charge in [0.05, 0.1) is 78.2 Å². The molecule has 0 aromatic heterocycles. The van der Waals surface area contributed by atoms with Gasteiger partial charge in [-0.3, -0.25) is 4.79 Å². The first-order valence-electron chi connectivity index (χ1n) is 32.3. The molecular formula is C60H150O21Si11. The molecule has 0 rings (SSSR count). The number of ketones is 1. The summed E-state index contributed by atoms with van der Waals surface area (Å²) in [7, 11) is -22.0. The Labute approximate surface area is 577 Å². The topological polar surface area (TPSA) is 243 Å². The van der Waals surface area contributed by atoms with Crippen LogP contribution in [-0.2, 0) is 80.4 Å². The molecular weight excluding hydrogens is 1370 g/mol. The molecule has 0 aliphatic rings. The maximum atomic E-state index is 11.0. The Morgan fingerprint density at radius 2 is 0.587 bits per heavy atom. The first kappa shape index (κ1) is 106. The molecule has 560 valence electrons. The number of aliphatic hydroxyl groups is 3. The summed E-state index contributed by atoms with van der Waals surface area (Å²) in [5.74, 6) is -0.151. The summed E-state index contributed by atoms with van der Waals surface area (Å²) >= 11 is 0. The van der Waals surface area contributed by atoms with Crippen molar-refractivity contribution in [2.45, 2.75) is 251 Å². The maximum Gasteiger partial charge on any atom is 0.342 e. The van der Waals surface area contributed by atoms with Crippen molar-refractivity contribution in [3.63, 3.8) is 0 Å². The molecule has 0 bridgehead atoms. The first-order chi connectivity index (χ1) is 40.5. The second-order valence-electron chi connectivity index (χ2n) is 29.0. The SMILES string of the molecule is C.C.C.C=CC(=O)OCCCCOC[Si](C)(O[Si](C)(C)C)O[Si](C)(C)O[Si](C)(C)C.CCC(=O)CCCO.C[Si](C)(C)O[Si](C)(C)O[Si](C)(COCCCCO)O[Si](C)(C)C.C[Si](C)(C)O[Si](C)(COCCCCOCCOCCOCCOCCO)O[Si](C)(C)C. The second kappa shape index (κ2) is 55.3. The molecule has 0 heterocycles. The molecule has 0 radical (unpaired) electrons. The van der Waals surface area contributed by atoms with Crippen molar-refractivity contribution in [2.75, 3.05) is 118 Å². The van der Waals surface area contributed by atoms with Gasteiger partial charge in [-0.05, 0) is 209 Å². The van der Waals surface area contributed by atoms with E-state index in [9.17, 15) is 9.59 Å². The average Bonchev–Trinajstić information content (AvgIpc) is 0.850. The molecule has 21 nitrogen and oxygen atoms in total. The largest absolute Gasteiger partial charge is 0.463 e. The van der Waals surface area contributed by atoms with E-state index in [0.717, 1.165) is 38.5 Å². The van der Waals surface area contributed by atoms with Crippen molar-refractivity contribution in [1.29, 1.82) is 0 Å². The van der Waals surface area contributed by atoms with Crippen LogP contribution < -0.4 is 0 Å². The van der Waals surface area contributed by atoms with Crippen LogP contribution in [0.1, 0.15) is 87.0 Å². The highest BCUT2D eigenvalue weighted by molar-refractivity contribution is 6.91. The molecule has 0 aromatic carbocycles. The molecule has 32 heteroatoms. The van der Waals surface area contributed by atoms with E-state index in [1.54, 1.807) is 0 Å². The van der Waals surface area contributed by atoms with Crippen LogP contribution >= 0.6 is 0 Å². The molecule has 0 saturated heterocycles. The van der Waals surface area contributed by atoms with Crippen LogP contribution in [-0.4, -0.2) is 238 Å². The Morgan fingerprint density at radius 3 is 0.859 bits per heavy atom. The summed E-state index contributed by atoms with van der Waals surface area (Å²) in [5, 5.41) is 25.7. The normalized spacial score (nSPS) is 13.8. The molecule has 0 fully saturated rings. The van der Waals surface area contributed by atoms with Gasteiger partial charge in [-0.2, -0.15) is 0 Å². The summed E-state index contributed by atoms with van der Waals surface area (Å²) in [6.07, 6.45) is 9.63. The second-order valence-corrected chi connectivity index (χ2v) is 74.1. The Kier molecular flexibility index (Phi) is 63.7. The third kappa shape index (κ3) is 79.5. The van der Waals surface area contributed by atoms with Gasteiger partial charge in [0.1, 0.15) is 5.78 Å². The number of aliphatic hydroxyl groups excluding tert-OH is 3. The van der Waals surface area contributed by atoms with Crippen molar-refractivity contribution < 1.29 is 95.7 Å². The molecule has 92 heavy (non-hydrogen) atoms. The van der Waals surface area contributed by atoms with Crippen LogP contribution in [0.4, 0.5) is 0 Å². The highest BCUT2D eigenvalue weighted by Gasteiger charge is 2.47. The zero-order valence-electron chi connectivity index (χ0n) is 61.6. The molecule has 0 saturated carbocycles. The first-order valence-corrected chi connectivity index (χ1v) is 66.0. The van der Waals surface area contributed by atoms with E-state index < -0.39 is 92.7 Å². The number of unbranched alkanes of at least 4 members (excludes halogenated alkanes) is 3. The fraction of sp³-hybridized carbons (Fsp3) is 0.933. The summed E-state index contributed by atoms with van der Waals surface area (Å²) in [6, 6.07) is 0. The van der Waals surface area contributed by atoms with Crippen molar-refractivity contribution in [3.8, 4) is 0 Å². The summed E-state index contributed by atoms with van der Waals surface area (Å²) < 4.78 is 95.6. The predicted octanol–water partition coefficient (Wildman–Crippen LogP) is 14.2. The van der Waals surface area contributed by atoms with Gasteiger partial charge in [0, 0.05) is 58.6 Å². The quantitative estimate of drug-likeness (QED) is 0.0222. The minimum absolute atomic E-state index is 0. The minimum atomic E-state index is -2.51. The van der Waals surface area contributed by atoms with E-state index in [1.807, 2.05) is 6.92 Å². The van der Waals surface area contributed by atoms with Crippen LogP contribution in [0, 0.1) is 0 Å². The number of rotatable bonds is 52. The van der Waals surface area contributed by atoms with E-state index in [4.69, 9.17) is 86.1 Å². The molecule has 0 amide bonds. The zero-order valence-corrected chi connectivity index (χ0v) is 72.6. The van der Waals surface area contributed by atoms with E-state index in [2.05, 4.69) is 170 Å². The van der Waals surface area contributed by atoms with E-state index in [-0.39, 0.29) is 53.9 Å². The van der Waals surface area contributed by atoms with Gasteiger partial charge in [-0.25, -0.2) is 4.79 Å². The fourth-order valence-electron chi connectivity index (χ4n) is 8.70. The number of hydrogen-bond donors (Lipinski definition) is 3. The monoisotopic (exact) mass is 1510 g/mol. The van der Waals surface area contributed by atoms with Gasteiger partial charge >= 0.3 is 48.8 Å². The lowest BCUT2D eigenvalue weighted by atomic mass is 10.2. The van der Waals surface area contributed by atoms with Gasteiger partial charge in [-0.15, -0.1) is 0 Å². The van der Waals surface area contributed by atoms with Gasteiger partial charge in [0.25, 0.3) is 0 Å². The van der Waals surface area contributed by atoms with Gasteiger partial charge in [-0.1, -0.05) is 35.8 Å². The lowest BCUT2D eigenvalue weighted by Crippen LogP contribution is -2.59. The van der Waals surface area contributed by atoms with Crippen molar-refractivity contribution >= 4 is 104 Å². The van der Waals surface area contributed by atoms with Gasteiger partial charge in [0.2, 0.25) is 0 Å². The highest BCUT2D eigenvalue weighted by atomic mass is 28.5. The van der Waals surface area contributed by atoms with Crippen LogP contribution in [0.3, 0.4) is 0 Å². The fourth-order valence-corrected chi connectivity index (χ4v) is 55.2. The number of Topliss-reactive ketones (excluding diaryl/α,β-unsaturated/α-hetero) is 1. The van der Waals surface area contributed by atoms with Crippen LogP contribution in [0.15, 0.2) is 12.7 Å². The van der Waals surface area contributed by atoms with Crippen molar-refractivity contribution in [1.82, 2.24) is 0 Å². The number of esters is 1. The zero-order chi connectivity index (χ0) is 69.8. The third-order valence-electron chi connectivity index (χ3n) is 10.2. The van der Waals surface area contributed by atoms with Crippen LogP contribution in [0.2, 0.25) is 164 Å². The number of hydrogen-bond acceptors (Lipinski definition) is 21. The Morgan fingerprint density at radius 1 is 0.326 bits per heavy atom. The lowest BCUT2D eigenvalue weighted by molar-refractivity contribution is -0.137. The lowest BCUT2D eigenvalue weighted by Gasteiger charge is -2.41. The minimum Gasteiger partial charge on any atom is -0.463 e. The standard InChI is InChI=1S/C20H48O8Si3.C17H40O6Si4.C14H38O5Si4.C6H12O2.3CH4/c1-29(2,3)27-31(7,28-30(4,5)6)20-26-12-9-8-11-22-14-16-24-18-19-25-17-15-23-13-10-21;1-11-17(18)20-15-13-12-14-19-16-27(10,22-25(5,6)7)23-26(8,9)21-24(2,3)4;1-20(2,3)17-22(7,8)19-23(9,18-21(4,5)6)14-16-13-11-10-12-15;1-2-6(8)4-3-5-7;;;/h21H,8-20H2,1-7H3;11H,1,12-16H2,2-10H3;15H,10-14H2,1-9H3;7H,2-5H2,1H3;3*1H4. The Bertz CT molecular complexity index is 1750. The average molecular weight is 1520 g/mol. The molecule has 2 atom stereocenters. The van der Waals surface area contributed by atoms with Crippen molar-refractivity contribution in [2.24, 2.45) is 0 Å². The molecule has 0 aromatic rings. The van der Waals surface area contributed by atoms with Gasteiger partial charge in [0.15, 0.2) is 49.9 Å².